The summed E-state index contributed by atoms with van der Waals surface area (Å²) in [6.07, 6.45) is 4.29. The van der Waals surface area contributed by atoms with Gasteiger partial charge in [-0.1, -0.05) is 13.8 Å². The first kappa shape index (κ1) is 18.8. The smallest absolute Gasteiger partial charge is 0.129 e. The molecule has 2 aromatic rings. The van der Waals surface area contributed by atoms with Crippen molar-refractivity contribution in [3.63, 3.8) is 0 Å². The number of aryl methyl sites for hydroxylation is 1. The Morgan fingerprint density at radius 3 is 2.75 bits per heavy atom. The van der Waals surface area contributed by atoms with Gasteiger partial charge in [-0.2, -0.15) is 0 Å². The van der Waals surface area contributed by atoms with Crippen molar-refractivity contribution in [1.29, 1.82) is 0 Å². The molecule has 5 heteroatoms. The van der Waals surface area contributed by atoms with Gasteiger partial charge in [-0.3, -0.25) is 4.90 Å². The van der Waals surface area contributed by atoms with Gasteiger partial charge in [0.25, 0.3) is 0 Å². The highest BCUT2D eigenvalue weighted by Gasteiger charge is 2.14. The Kier molecular flexibility index (Phi) is 7.56. The quantitative estimate of drug-likeness (QED) is 0.686. The van der Waals surface area contributed by atoms with E-state index < -0.39 is 6.10 Å². The first-order valence-electron chi connectivity index (χ1n) is 8.65. The predicted octanol–water partition coefficient (Wildman–Crippen LogP) is 3.04. The van der Waals surface area contributed by atoms with Gasteiger partial charge in [0.1, 0.15) is 12.4 Å². The van der Waals surface area contributed by atoms with Crippen molar-refractivity contribution >= 4 is 0 Å². The summed E-state index contributed by atoms with van der Waals surface area (Å²) in [4.78, 5) is 2.30. The summed E-state index contributed by atoms with van der Waals surface area (Å²) in [6, 6.07) is 7.89. The van der Waals surface area contributed by atoms with Crippen LogP contribution in [-0.2, 0) is 24.9 Å². The lowest BCUT2D eigenvalue weighted by atomic mass is 10.1. The van der Waals surface area contributed by atoms with E-state index in [-0.39, 0.29) is 0 Å². The highest BCUT2D eigenvalue weighted by atomic mass is 16.5. The number of hydrogen-bond acceptors (Lipinski definition) is 4. The molecule has 5 nitrogen and oxygen atoms in total. The minimum atomic E-state index is -0.507. The van der Waals surface area contributed by atoms with E-state index in [4.69, 9.17) is 9.15 Å². The molecule has 2 aromatic heterocycles. The fraction of sp³-hybridized carbons (Fsp3) is 0.579. The average molecular weight is 334 g/mol. The van der Waals surface area contributed by atoms with Crippen LogP contribution in [0.5, 0.6) is 0 Å². The molecule has 0 aliphatic carbocycles. The van der Waals surface area contributed by atoms with E-state index in [1.807, 2.05) is 12.1 Å². The normalized spacial score (nSPS) is 13.1. The summed E-state index contributed by atoms with van der Waals surface area (Å²) in [5.74, 6) is 1.43. The molecule has 1 N–H and O–H groups in total. The van der Waals surface area contributed by atoms with Gasteiger partial charge in [-0.25, -0.2) is 0 Å². The van der Waals surface area contributed by atoms with Crippen molar-refractivity contribution in [2.24, 2.45) is 13.0 Å². The van der Waals surface area contributed by atoms with Crippen LogP contribution in [-0.4, -0.2) is 40.4 Å². The molecule has 0 aliphatic rings. The Hall–Kier alpha value is -1.56. The van der Waals surface area contributed by atoms with Crippen LogP contribution < -0.4 is 0 Å². The molecule has 134 valence electrons. The SMILES string of the molecule is CC(C)CCN(Cc1cccn1C)CC(O)COCc1ccco1. The second kappa shape index (κ2) is 9.67. The molecule has 0 saturated carbocycles. The molecule has 0 spiro atoms. The molecule has 0 radical (unpaired) electrons. The number of nitrogens with zero attached hydrogens (tertiary/aromatic N) is 2. The van der Waals surface area contributed by atoms with E-state index >= 15 is 0 Å². The standard InChI is InChI=1S/C19H30N2O3/c1-16(2)8-10-21(12-17-6-4-9-20(17)3)13-18(22)14-23-15-19-7-5-11-24-19/h4-7,9,11,16,18,22H,8,10,12-15H2,1-3H3. The molecular weight excluding hydrogens is 304 g/mol. The van der Waals surface area contributed by atoms with Crippen molar-refractivity contribution in [2.75, 3.05) is 19.7 Å². The molecule has 0 fully saturated rings. The van der Waals surface area contributed by atoms with Crippen LogP contribution in [0.2, 0.25) is 0 Å². The molecule has 0 saturated heterocycles. The van der Waals surface area contributed by atoms with E-state index in [1.54, 1.807) is 6.26 Å². The molecule has 0 bridgehead atoms. The first-order valence-corrected chi connectivity index (χ1v) is 8.65. The van der Waals surface area contributed by atoms with Crippen LogP contribution in [0.3, 0.4) is 0 Å². The third-order valence-electron chi connectivity index (χ3n) is 4.06. The van der Waals surface area contributed by atoms with Crippen LogP contribution in [0.15, 0.2) is 41.1 Å². The van der Waals surface area contributed by atoms with Gasteiger partial charge < -0.3 is 18.8 Å². The number of furan rings is 1. The molecule has 0 amide bonds. The largest absolute Gasteiger partial charge is 0.467 e. The van der Waals surface area contributed by atoms with E-state index in [0.717, 1.165) is 25.3 Å². The van der Waals surface area contributed by atoms with Crippen molar-refractivity contribution in [2.45, 2.75) is 39.5 Å². The summed E-state index contributed by atoms with van der Waals surface area (Å²) in [5.41, 5.74) is 1.25. The average Bonchev–Trinajstić information content (AvgIpc) is 3.17. The molecule has 2 rings (SSSR count). The monoisotopic (exact) mass is 334 g/mol. The number of aliphatic hydroxyl groups is 1. The van der Waals surface area contributed by atoms with Gasteiger partial charge in [0.05, 0.1) is 19.0 Å². The zero-order valence-corrected chi connectivity index (χ0v) is 15.0. The van der Waals surface area contributed by atoms with Crippen LogP contribution in [0, 0.1) is 5.92 Å². The highest BCUT2D eigenvalue weighted by molar-refractivity contribution is 5.06. The minimum absolute atomic E-state index is 0.312. The number of aromatic nitrogens is 1. The van der Waals surface area contributed by atoms with Crippen molar-refractivity contribution in [1.82, 2.24) is 9.47 Å². The van der Waals surface area contributed by atoms with Crippen molar-refractivity contribution < 1.29 is 14.3 Å². The molecule has 2 heterocycles. The van der Waals surface area contributed by atoms with Gasteiger partial charge in [-0.05, 0) is 43.1 Å². The number of aliphatic hydroxyl groups excluding tert-OH is 1. The van der Waals surface area contributed by atoms with Crippen LogP contribution >= 0.6 is 0 Å². The summed E-state index contributed by atoms with van der Waals surface area (Å²) in [7, 11) is 2.05. The fourth-order valence-electron chi connectivity index (χ4n) is 2.61. The summed E-state index contributed by atoms with van der Waals surface area (Å²) < 4.78 is 12.9. The van der Waals surface area contributed by atoms with Gasteiger partial charge in [-0.15, -0.1) is 0 Å². The van der Waals surface area contributed by atoms with Gasteiger partial charge in [0.2, 0.25) is 0 Å². The van der Waals surface area contributed by atoms with E-state index in [1.165, 1.54) is 5.69 Å². The third kappa shape index (κ3) is 6.51. The maximum atomic E-state index is 10.3. The number of ether oxygens (including phenoxy) is 1. The zero-order valence-electron chi connectivity index (χ0n) is 15.0. The molecule has 1 unspecified atom stereocenters. The fourth-order valence-corrected chi connectivity index (χ4v) is 2.61. The second-order valence-corrected chi connectivity index (χ2v) is 6.78. The third-order valence-corrected chi connectivity index (χ3v) is 4.06. The first-order chi connectivity index (χ1) is 11.5. The minimum Gasteiger partial charge on any atom is -0.467 e. The summed E-state index contributed by atoms with van der Waals surface area (Å²) in [5, 5.41) is 10.3. The van der Waals surface area contributed by atoms with Crippen molar-refractivity contribution in [3.05, 3.63) is 48.2 Å². The predicted molar refractivity (Wildman–Crippen MR) is 94.5 cm³/mol. The van der Waals surface area contributed by atoms with Crippen LogP contribution in [0.4, 0.5) is 0 Å². The van der Waals surface area contributed by atoms with E-state index in [9.17, 15) is 5.11 Å². The van der Waals surface area contributed by atoms with Crippen molar-refractivity contribution in [3.8, 4) is 0 Å². The molecular formula is C19H30N2O3. The molecule has 24 heavy (non-hydrogen) atoms. The Labute approximate surface area is 144 Å². The molecule has 1 atom stereocenters. The van der Waals surface area contributed by atoms with Gasteiger partial charge in [0.15, 0.2) is 0 Å². The summed E-state index contributed by atoms with van der Waals surface area (Å²) in [6.45, 7) is 7.58. The number of hydrogen-bond donors (Lipinski definition) is 1. The maximum absolute atomic E-state index is 10.3. The Morgan fingerprint density at radius 2 is 2.12 bits per heavy atom. The Morgan fingerprint density at radius 1 is 1.29 bits per heavy atom. The van der Waals surface area contributed by atoms with Crippen LogP contribution in [0.1, 0.15) is 31.7 Å². The lowest BCUT2D eigenvalue weighted by Crippen LogP contribution is -2.36. The van der Waals surface area contributed by atoms with Gasteiger partial charge >= 0.3 is 0 Å². The molecule has 0 aromatic carbocycles. The lowest BCUT2D eigenvalue weighted by Gasteiger charge is -2.26. The Bertz CT molecular complexity index is 563. The summed E-state index contributed by atoms with van der Waals surface area (Å²) >= 11 is 0. The van der Waals surface area contributed by atoms with Crippen LogP contribution in [0.25, 0.3) is 0 Å². The van der Waals surface area contributed by atoms with E-state index in [0.29, 0.717) is 25.7 Å². The number of rotatable bonds is 11. The highest BCUT2D eigenvalue weighted by Crippen LogP contribution is 2.10. The maximum Gasteiger partial charge on any atom is 0.129 e. The Balaban J connectivity index is 1.80. The topological polar surface area (TPSA) is 50.8 Å². The van der Waals surface area contributed by atoms with Gasteiger partial charge in [0, 0.05) is 32.0 Å². The zero-order chi connectivity index (χ0) is 17.4. The second-order valence-electron chi connectivity index (χ2n) is 6.78. The lowest BCUT2D eigenvalue weighted by molar-refractivity contribution is 0.00298. The van der Waals surface area contributed by atoms with E-state index in [2.05, 4.69) is 48.7 Å². The molecule has 0 aliphatic heterocycles.